The summed E-state index contributed by atoms with van der Waals surface area (Å²) in [6.07, 6.45) is 3.67. The topological polar surface area (TPSA) is 85.2 Å². The number of carbonyl (C=O) groups is 2. The number of ketones is 1. The molecule has 0 radical (unpaired) electrons. The monoisotopic (exact) mass is 442 g/mol. The number of rotatable bonds is 5. The van der Waals surface area contributed by atoms with Crippen LogP contribution in [0.2, 0.25) is 0 Å². The molecule has 0 bridgehead atoms. The predicted octanol–water partition coefficient (Wildman–Crippen LogP) is 4.86. The van der Waals surface area contributed by atoms with E-state index in [1.165, 1.54) is 0 Å². The van der Waals surface area contributed by atoms with Gasteiger partial charge in [-0.25, -0.2) is 4.68 Å². The summed E-state index contributed by atoms with van der Waals surface area (Å²) in [7, 11) is 0. The molecule has 3 aromatic rings. The standard InChI is InChI=1S/C26H26N4O3/c1-3-33-19-13-11-18(12-14-19)28-26(32)20-15-27-30-24(17-9-7-16(2)8-10-17)23-21(29-25(20)30)5-4-6-22(23)31/h7-15,24,29H,3-6H2,1-2H3,(H,28,32). The molecule has 33 heavy (non-hydrogen) atoms. The minimum Gasteiger partial charge on any atom is -0.494 e. The van der Waals surface area contributed by atoms with Crippen molar-refractivity contribution >= 4 is 23.2 Å². The van der Waals surface area contributed by atoms with E-state index in [1.54, 1.807) is 10.9 Å². The summed E-state index contributed by atoms with van der Waals surface area (Å²) in [5.41, 5.74) is 4.87. The second-order valence-electron chi connectivity index (χ2n) is 8.37. The average molecular weight is 443 g/mol. The van der Waals surface area contributed by atoms with Crippen LogP contribution in [0.3, 0.4) is 0 Å². The van der Waals surface area contributed by atoms with Crippen LogP contribution in [0.25, 0.3) is 0 Å². The molecule has 2 aliphatic rings. The molecule has 1 aliphatic heterocycles. The number of ether oxygens (including phenoxy) is 1. The van der Waals surface area contributed by atoms with Crippen LogP contribution in [0.4, 0.5) is 11.5 Å². The third-order valence-electron chi connectivity index (χ3n) is 6.10. The summed E-state index contributed by atoms with van der Waals surface area (Å²) in [4.78, 5) is 26.1. The third-order valence-corrected chi connectivity index (χ3v) is 6.10. The highest BCUT2D eigenvalue weighted by molar-refractivity contribution is 6.08. The maximum absolute atomic E-state index is 13.2. The number of anilines is 2. The second-order valence-corrected chi connectivity index (χ2v) is 8.37. The zero-order valence-electron chi connectivity index (χ0n) is 18.7. The Morgan fingerprint density at radius 3 is 2.64 bits per heavy atom. The lowest BCUT2D eigenvalue weighted by Crippen LogP contribution is -2.32. The van der Waals surface area contributed by atoms with Gasteiger partial charge in [0.25, 0.3) is 5.91 Å². The molecule has 0 saturated heterocycles. The maximum Gasteiger partial charge on any atom is 0.261 e. The number of aromatic nitrogens is 2. The molecule has 7 nitrogen and oxygen atoms in total. The molecule has 0 saturated carbocycles. The molecule has 168 valence electrons. The zero-order valence-corrected chi connectivity index (χ0v) is 18.7. The van der Waals surface area contributed by atoms with Gasteiger partial charge < -0.3 is 15.4 Å². The van der Waals surface area contributed by atoms with E-state index >= 15 is 0 Å². The smallest absolute Gasteiger partial charge is 0.261 e. The molecular weight excluding hydrogens is 416 g/mol. The predicted molar refractivity (Wildman–Crippen MR) is 127 cm³/mol. The summed E-state index contributed by atoms with van der Waals surface area (Å²) in [6, 6.07) is 15.0. The summed E-state index contributed by atoms with van der Waals surface area (Å²) in [5.74, 6) is 1.23. The number of carbonyl (C=O) groups excluding carboxylic acids is 2. The summed E-state index contributed by atoms with van der Waals surface area (Å²) >= 11 is 0. The summed E-state index contributed by atoms with van der Waals surface area (Å²) in [6.45, 7) is 4.55. The second kappa shape index (κ2) is 8.58. The lowest BCUT2D eigenvalue weighted by molar-refractivity contribution is -0.116. The number of allylic oxidation sites excluding steroid dienone is 2. The van der Waals surface area contributed by atoms with Gasteiger partial charge in [0, 0.05) is 23.4 Å². The van der Waals surface area contributed by atoms with Gasteiger partial charge >= 0.3 is 0 Å². The Bertz CT molecular complexity index is 1240. The highest BCUT2D eigenvalue weighted by Crippen LogP contribution is 2.41. The van der Waals surface area contributed by atoms with Gasteiger partial charge in [-0.2, -0.15) is 5.10 Å². The van der Waals surface area contributed by atoms with Crippen LogP contribution in [-0.2, 0) is 4.79 Å². The molecule has 1 aromatic heterocycles. The summed E-state index contributed by atoms with van der Waals surface area (Å²) < 4.78 is 7.23. The quantitative estimate of drug-likeness (QED) is 0.589. The van der Waals surface area contributed by atoms with Gasteiger partial charge in [0.05, 0.1) is 12.8 Å². The van der Waals surface area contributed by atoms with Crippen LogP contribution in [0.15, 0.2) is 66.0 Å². The van der Waals surface area contributed by atoms with Gasteiger partial charge in [0.1, 0.15) is 23.2 Å². The van der Waals surface area contributed by atoms with Crippen molar-refractivity contribution in [1.29, 1.82) is 0 Å². The van der Waals surface area contributed by atoms with Crippen molar-refractivity contribution < 1.29 is 14.3 Å². The minimum absolute atomic E-state index is 0.135. The molecule has 0 fully saturated rings. The number of hydrogen-bond donors (Lipinski definition) is 2. The van der Waals surface area contributed by atoms with Gasteiger partial charge in [-0.3, -0.25) is 9.59 Å². The van der Waals surface area contributed by atoms with Crippen molar-refractivity contribution in [2.24, 2.45) is 0 Å². The van der Waals surface area contributed by atoms with Crippen molar-refractivity contribution in [1.82, 2.24) is 9.78 Å². The molecule has 5 rings (SSSR count). The fourth-order valence-electron chi connectivity index (χ4n) is 4.48. The fraction of sp³-hybridized carbons (Fsp3) is 0.269. The number of nitrogens with one attached hydrogen (secondary N) is 2. The van der Waals surface area contributed by atoms with Gasteiger partial charge in [-0.05, 0) is 56.5 Å². The normalized spacial score (nSPS) is 17.2. The lowest BCUT2D eigenvalue weighted by Gasteiger charge is -2.33. The molecule has 0 spiro atoms. The Balaban J connectivity index is 1.50. The molecule has 2 aromatic carbocycles. The molecule has 7 heteroatoms. The molecular formula is C26H26N4O3. The molecule has 1 amide bonds. The first-order valence-corrected chi connectivity index (χ1v) is 11.3. The SMILES string of the molecule is CCOc1ccc(NC(=O)c2cnn3c2NC2=C(C(=O)CCC2)C3c2ccc(C)cc2)cc1. The first-order valence-electron chi connectivity index (χ1n) is 11.3. The molecule has 1 unspecified atom stereocenters. The van der Waals surface area contributed by atoms with Gasteiger partial charge in [0.15, 0.2) is 5.78 Å². The number of benzene rings is 2. The van der Waals surface area contributed by atoms with E-state index in [2.05, 4.69) is 15.7 Å². The minimum atomic E-state index is -0.350. The van der Waals surface area contributed by atoms with E-state index in [4.69, 9.17) is 4.74 Å². The van der Waals surface area contributed by atoms with Crippen LogP contribution < -0.4 is 15.4 Å². The van der Waals surface area contributed by atoms with E-state index in [9.17, 15) is 9.59 Å². The Labute approximate surface area is 192 Å². The Morgan fingerprint density at radius 1 is 1.15 bits per heavy atom. The molecule has 2 N–H and O–H groups in total. The average Bonchev–Trinajstić information content (AvgIpc) is 3.24. The number of nitrogens with zero attached hydrogens (tertiary/aromatic N) is 2. The van der Waals surface area contributed by atoms with E-state index < -0.39 is 0 Å². The number of aryl methyl sites for hydroxylation is 1. The zero-order chi connectivity index (χ0) is 22.9. The Morgan fingerprint density at radius 2 is 1.91 bits per heavy atom. The molecule has 1 aliphatic carbocycles. The van der Waals surface area contributed by atoms with Crippen LogP contribution >= 0.6 is 0 Å². The number of fused-ring (bicyclic) bond motifs is 1. The highest BCUT2D eigenvalue weighted by atomic mass is 16.5. The van der Waals surface area contributed by atoms with E-state index in [0.717, 1.165) is 41.0 Å². The van der Waals surface area contributed by atoms with Crippen molar-refractivity contribution in [3.05, 3.63) is 82.7 Å². The Hall–Kier alpha value is -3.87. The Kier molecular flexibility index (Phi) is 5.46. The third kappa shape index (κ3) is 3.91. The van der Waals surface area contributed by atoms with Crippen molar-refractivity contribution in [3.8, 4) is 5.75 Å². The lowest BCUT2D eigenvalue weighted by atomic mass is 9.85. The van der Waals surface area contributed by atoms with Crippen molar-refractivity contribution in [3.63, 3.8) is 0 Å². The fourth-order valence-corrected chi connectivity index (χ4v) is 4.48. The van der Waals surface area contributed by atoms with Crippen molar-refractivity contribution in [2.75, 3.05) is 17.2 Å². The van der Waals surface area contributed by atoms with Crippen molar-refractivity contribution in [2.45, 2.75) is 39.2 Å². The van der Waals surface area contributed by atoms with Crippen LogP contribution in [0.5, 0.6) is 5.75 Å². The number of hydrogen-bond acceptors (Lipinski definition) is 5. The van der Waals surface area contributed by atoms with Gasteiger partial charge in [-0.1, -0.05) is 29.8 Å². The number of amides is 1. The first-order chi connectivity index (χ1) is 16.0. The van der Waals surface area contributed by atoms with Crippen LogP contribution in [0, 0.1) is 6.92 Å². The highest BCUT2D eigenvalue weighted by Gasteiger charge is 2.37. The van der Waals surface area contributed by atoms with Gasteiger partial charge in [0.2, 0.25) is 0 Å². The summed E-state index contributed by atoms with van der Waals surface area (Å²) in [5, 5.41) is 10.8. The van der Waals surface area contributed by atoms with E-state index in [1.807, 2.05) is 62.4 Å². The molecule has 1 atom stereocenters. The molecule has 2 heterocycles. The largest absolute Gasteiger partial charge is 0.494 e. The van der Waals surface area contributed by atoms with E-state index in [0.29, 0.717) is 30.1 Å². The van der Waals surface area contributed by atoms with Crippen LogP contribution in [0.1, 0.15) is 53.7 Å². The maximum atomic E-state index is 13.2. The first kappa shape index (κ1) is 21.0. The van der Waals surface area contributed by atoms with Gasteiger partial charge in [-0.15, -0.1) is 0 Å². The number of Topliss-reactive ketones (excluding diaryl/α,β-unsaturated/α-hetero) is 1. The van der Waals surface area contributed by atoms with Crippen LogP contribution in [-0.4, -0.2) is 28.1 Å². The van der Waals surface area contributed by atoms with E-state index in [-0.39, 0.29) is 17.7 Å².